The molecule has 0 amide bonds. The summed E-state index contributed by atoms with van der Waals surface area (Å²) in [7, 11) is 1.000. The number of esters is 1. The van der Waals surface area contributed by atoms with Gasteiger partial charge in [0, 0.05) is 0 Å². The number of hydrogen-bond acceptors (Lipinski definition) is 3. The van der Waals surface area contributed by atoms with Gasteiger partial charge in [0.15, 0.2) is 5.41 Å². The number of halogens is 3. The number of carbonyl (C=O) groups excluding carboxylic acids is 1. The molecular formula is C12H15F3O3. The third-order valence-corrected chi connectivity index (χ3v) is 4.24. The molecule has 0 aromatic carbocycles. The highest BCUT2D eigenvalue weighted by Gasteiger charge is 2.72. The molecule has 2 rings (SSSR count). The molecule has 6 heteroatoms. The van der Waals surface area contributed by atoms with Crippen LogP contribution in [-0.2, 0) is 14.3 Å². The maximum atomic E-state index is 13.3. The van der Waals surface area contributed by atoms with Crippen molar-refractivity contribution in [3.05, 3.63) is 12.8 Å². The van der Waals surface area contributed by atoms with Gasteiger partial charge in [-0.2, -0.15) is 13.2 Å². The Morgan fingerprint density at radius 2 is 2.11 bits per heavy atom. The summed E-state index contributed by atoms with van der Waals surface area (Å²) < 4.78 is 49.4. The molecule has 102 valence electrons. The van der Waals surface area contributed by atoms with Gasteiger partial charge in [0.2, 0.25) is 0 Å². The molecule has 0 radical (unpaired) electrons. The zero-order chi connectivity index (χ0) is 13.6. The van der Waals surface area contributed by atoms with Crippen LogP contribution in [0.4, 0.5) is 13.2 Å². The predicted octanol–water partition coefficient (Wildman–Crippen LogP) is 2.67. The van der Waals surface area contributed by atoms with Crippen LogP contribution in [0.2, 0.25) is 0 Å². The van der Waals surface area contributed by atoms with Crippen LogP contribution >= 0.6 is 0 Å². The highest BCUT2D eigenvalue weighted by molar-refractivity contribution is 5.79. The molecule has 0 N–H and O–H groups in total. The van der Waals surface area contributed by atoms with Crippen molar-refractivity contribution in [1.82, 2.24) is 0 Å². The minimum absolute atomic E-state index is 0.227. The molecule has 2 aliphatic carbocycles. The Bertz CT molecular complexity index is 366. The topological polar surface area (TPSA) is 35.5 Å². The zero-order valence-electron chi connectivity index (χ0n) is 10.00. The van der Waals surface area contributed by atoms with E-state index in [4.69, 9.17) is 4.74 Å². The first-order chi connectivity index (χ1) is 8.36. The van der Waals surface area contributed by atoms with E-state index in [1.54, 1.807) is 0 Å². The number of fused-ring (bicyclic) bond motifs is 2. The number of methoxy groups -OCH3 is 1. The van der Waals surface area contributed by atoms with E-state index in [1.807, 2.05) is 0 Å². The Morgan fingerprint density at radius 3 is 2.50 bits per heavy atom. The van der Waals surface area contributed by atoms with E-state index < -0.39 is 23.5 Å². The summed E-state index contributed by atoms with van der Waals surface area (Å²) in [4.78, 5) is 11.6. The molecule has 18 heavy (non-hydrogen) atoms. The Labute approximate surface area is 103 Å². The van der Waals surface area contributed by atoms with Gasteiger partial charge in [-0.1, -0.05) is 6.58 Å². The Balaban J connectivity index is 2.28. The molecule has 2 aliphatic rings. The van der Waals surface area contributed by atoms with Crippen molar-refractivity contribution in [1.29, 1.82) is 0 Å². The highest BCUT2D eigenvalue weighted by Crippen LogP contribution is 2.63. The summed E-state index contributed by atoms with van der Waals surface area (Å²) >= 11 is 0. The number of hydrogen-bond donors (Lipinski definition) is 0. The maximum absolute atomic E-state index is 13.3. The van der Waals surface area contributed by atoms with Gasteiger partial charge in [0.05, 0.1) is 13.4 Å². The van der Waals surface area contributed by atoms with Crippen molar-refractivity contribution in [2.45, 2.75) is 31.5 Å². The average Bonchev–Trinajstić information content (AvgIpc) is 2.85. The second-order valence-corrected chi connectivity index (χ2v) is 4.93. The molecule has 0 aliphatic heterocycles. The fourth-order valence-electron chi connectivity index (χ4n) is 3.47. The Kier molecular flexibility index (Phi) is 3.07. The lowest BCUT2D eigenvalue weighted by atomic mass is 9.71. The molecular weight excluding hydrogens is 249 g/mol. The van der Waals surface area contributed by atoms with Crippen molar-refractivity contribution in [2.24, 2.45) is 17.3 Å². The predicted molar refractivity (Wildman–Crippen MR) is 56.4 cm³/mol. The largest absolute Gasteiger partial charge is 0.498 e. The van der Waals surface area contributed by atoms with Crippen LogP contribution in [0.25, 0.3) is 0 Å². The standard InChI is InChI=1S/C12H15F3O3/c1-3-18-9-5-8-4-7(9)6-11(8,10(16)17-2)12(13,14)15/h3,7-9H,1,4-6H2,2H3. The van der Waals surface area contributed by atoms with Crippen molar-refractivity contribution in [2.75, 3.05) is 7.11 Å². The number of carbonyl (C=O) groups is 1. The fourth-order valence-corrected chi connectivity index (χ4v) is 3.47. The van der Waals surface area contributed by atoms with E-state index in [-0.39, 0.29) is 24.9 Å². The van der Waals surface area contributed by atoms with E-state index in [1.165, 1.54) is 6.26 Å². The number of alkyl halides is 3. The smallest absolute Gasteiger partial charge is 0.405 e. The summed E-state index contributed by atoms with van der Waals surface area (Å²) in [6.45, 7) is 3.41. The van der Waals surface area contributed by atoms with Gasteiger partial charge >= 0.3 is 12.1 Å². The molecule has 2 bridgehead atoms. The molecule has 3 nitrogen and oxygen atoms in total. The van der Waals surface area contributed by atoms with Gasteiger partial charge < -0.3 is 9.47 Å². The first kappa shape index (κ1) is 13.2. The summed E-state index contributed by atoms with van der Waals surface area (Å²) in [5, 5.41) is 0. The van der Waals surface area contributed by atoms with Crippen LogP contribution in [0, 0.1) is 17.3 Å². The van der Waals surface area contributed by atoms with Gasteiger partial charge in [-0.25, -0.2) is 0 Å². The summed E-state index contributed by atoms with van der Waals surface area (Å²) in [5.41, 5.74) is -2.34. The maximum Gasteiger partial charge on any atom is 0.405 e. The minimum atomic E-state index is -4.57. The van der Waals surface area contributed by atoms with E-state index in [9.17, 15) is 18.0 Å². The van der Waals surface area contributed by atoms with Gasteiger partial charge in [-0.3, -0.25) is 4.79 Å². The van der Waals surface area contributed by atoms with E-state index in [0.717, 1.165) is 7.11 Å². The number of ether oxygens (including phenoxy) is 2. The van der Waals surface area contributed by atoms with Crippen LogP contribution < -0.4 is 0 Å². The van der Waals surface area contributed by atoms with Gasteiger partial charge in [-0.05, 0) is 31.1 Å². The molecule has 0 aromatic heterocycles. The molecule has 2 saturated carbocycles. The molecule has 0 heterocycles. The lowest BCUT2D eigenvalue weighted by Crippen LogP contribution is -2.51. The second-order valence-electron chi connectivity index (χ2n) is 4.93. The van der Waals surface area contributed by atoms with Crippen LogP contribution in [0.1, 0.15) is 19.3 Å². The molecule has 0 spiro atoms. The van der Waals surface area contributed by atoms with Crippen molar-refractivity contribution in [3.8, 4) is 0 Å². The average molecular weight is 264 g/mol. The Morgan fingerprint density at radius 1 is 1.44 bits per heavy atom. The quantitative estimate of drug-likeness (QED) is 0.580. The van der Waals surface area contributed by atoms with Crippen molar-refractivity contribution >= 4 is 5.97 Å². The highest BCUT2D eigenvalue weighted by atomic mass is 19.4. The summed E-state index contributed by atoms with van der Waals surface area (Å²) in [6.07, 6.45) is -3.24. The molecule has 4 unspecified atom stereocenters. The first-order valence-electron chi connectivity index (χ1n) is 5.78. The van der Waals surface area contributed by atoms with Crippen LogP contribution in [-0.4, -0.2) is 25.4 Å². The van der Waals surface area contributed by atoms with Crippen LogP contribution in [0.15, 0.2) is 12.8 Å². The number of rotatable bonds is 3. The molecule has 2 fully saturated rings. The van der Waals surface area contributed by atoms with E-state index >= 15 is 0 Å². The van der Waals surface area contributed by atoms with Crippen molar-refractivity contribution in [3.63, 3.8) is 0 Å². The summed E-state index contributed by atoms with van der Waals surface area (Å²) in [5.74, 6) is -2.17. The fraction of sp³-hybridized carbons (Fsp3) is 0.750. The van der Waals surface area contributed by atoms with E-state index in [0.29, 0.717) is 6.42 Å². The first-order valence-corrected chi connectivity index (χ1v) is 5.78. The zero-order valence-corrected chi connectivity index (χ0v) is 10.00. The monoisotopic (exact) mass is 264 g/mol. The normalized spacial score (nSPS) is 38.6. The van der Waals surface area contributed by atoms with Gasteiger partial charge in [-0.15, -0.1) is 0 Å². The summed E-state index contributed by atoms with van der Waals surface area (Å²) in [6, 6.07) is 0. The lowest BCUT2D eigenvalue weighted by molar-refractivity contribution is -0.249. The van der Waals surface area contributed by atoms with Crippen LogP contribution in [0.3, 0.4) is 0 Å². The molecule has 0 saturated heterocycles. The third kappa shape index (κ3) is 1.61. The molecule has 0 aromatic rings. The lowest BCUT2D eigenvalue weighted by Gasteiger charge is -2.38. The minimum Gasteiger partial charge on any atom is -0.498 e. The second kappa shape index (κ2) is 4.17. The molecule has 4 atom stereocenters. The third-order valence-electron chi connectivity index (χ3n) is 4.24. The van der Waals surface area contributed by atoms with Crippen molar-refractivity contribution < 1.29 is 27.4 Å². The SMILES string of the molecule is C=COC1CC2CC1CC2(C(=O)OC)C(F)(F)F. The van der Waals surface area contributed by atoms with Gasteiger partial charge in [0.25, 0.3) is 0 Å². The van der Waals surface area contributed by atoms with Crippen LogP contribution in [0.5, 0.6) is 0 Å². The Hall–Kier alpha value is -1.20. The van der Waals surface area contributed by atoms with E-state index in [2.05, 4.69) is 11.3 Å². The van der Waals surface area contributed by atoms with Gasteiger partial charge in [0.1, 0.15) is 6.10 Å².